The largest absolute Gasteiger partial charge is 0.416 e. The number of halogens is 3. The van der Waals surface area contributed by atoms with Crippen molar-refractivity contribution >= 4 is 5.91 Å². The van der Waals surface area contributed by atoms with E-state index in [0.717, 1.165) is 18.6 Å². The van der Waals surface area contributed by atoms with Gasteiger partial charge in [0.05, 0.1) is 5.56 Å². The van der Waals surface area contributed by atoms with Crippen molar-refractivity contribution in [2.75, 3.05) is 0 Å². The first-order chi connectivity index (χ1) is 10.3. The monoisotopic (exact) mass is 311 g/mol. The molecule has 1 N–H and O–H groups in total. The van der Waals surface area contributed by atoms with E-state index in [-0.39, 0.29) is 17.6 Å². The molecule has 0 aliphatic rings. The van der Waals surface area contributed by atoms with E-state index in [4.69, 9.17) is 0 Å². The van der Waals surface area contributed by atoms with Crippen LogP contribution in [-0.2, 0) is 6.18 Å². The molecule has 1 aromatic heterocycles. The molecule has 1 amide bonds. The van der Waals surface area contributed by atoms with Gasteiger partial charge in [-0.25, -0.2) is 4.98 Å². The van der Waals surface area contributed by atoms with Crippen LogP contribution in [0.5, 0.6) is 0 Å². The number of rotatable bonds is 4. The van der Waals surface area contributed by atoms with Gasteiger partial charge in [0, 0.05) is 17.9 Å². The Hall–Kier alpha value is -2.31. The lowest BCUT2D eigenvalue weighted by atomic mass is 10.2. The lowest BCUT2D eigenvalue weighted by Gasteiger charge is -2.10. The lowest BCUT2D eigenvalue weighted by Crippen LogP contribution is -2.32. The first-order valence-corrected chi connectivity index (χ1v) is 6.83. The summed E-state index contributed by atoms with van der Waals surface area (Å²) in [4.78, 5) is 15.9. The second-order valence-corrected chi connectivity index (χ2v) is 5.00. The molecule has 0 saturated carbocycles. The summed E-state index contributed by atoms with van der Waals surface area (Å²) in [6, 6.07) is 4.85. The van der Waals surface area contributed by atoms with Crippen LogP contribution < -0.4 is 5.32 Å². The van der Waals surface area contributed by atoms with Crippen LogP contribution in [0.1, 0.15) is 36.3 Å². The van der Waals surface area contributed by atoms with Crippen molar-refractivity contribution in [3.63, 3.8) is 0 Å². The van der Waals surface area contributed by atoms with E-state index < -0.39 is 11.7 Å². The predicted molar refractivity (Wildman–Crippen MR) is 75.8 cm³/mol. The van der Waals surface area contributed by atoms with Crippen molar-refractivity contribution in [3.8, 4) is 5.69 Å². The molecule has 22 heavy (non-hydrogen) atoms. The van der Waals surface area contributed by atoms with E-state index in [2.05, 4.69) is 10.3 Å². The van der Waals surface area contributed by atoms with Gasteiger partial charge in [-0.05, 0) is 31.5 Å². The summed E-state index contributed by atoms with van der Waals surface area (Å²) < 4.78 is 39.5. The first-order valence-electron chi connectivity index (χ1n) is 6.83. The van der Waals surface area contributed by atoms with Crippen LogP contribution >= 0.6 is 0 Å². The maximum Gasteiger partial charge on any atom is 0.416 e. The Bertz CT molecular complexity index is 664. The summed E-state index contributed by atoms with van der Waals surface area (Å²) in [6.07, 6.45) is -0.901. The number of imidazole rings is 1. The zero-order chi connectivity index (χ0) is 16.3. The highest BCUT2D eigenvalue weighted by molar-refractivity contribution is 5.92. The molecule has 0 unspecified atom stereocenters. The number of hydrogen-bond acceptors (Lipinski definition) is 2. The maximum absolute atomic E-state index is 12.7. The van der Waals surface area contributed by atoms with Gasteiger partial charge in [-0.15, -0.1) is 0 Å². The van der Waals surface area contributed by atoms with E-state index >= 15 is 0 Å². The average Bonchev–Trinajstić information content (AvgIpc) is 2.96. The smallest absolute Gasteiger partial charge is 0.348 e. The van der Waals surface area contributed by atoms with Crippen LogP contribution in [0.3, 0.4) is 0 Å². The van der Waals surface area contributed by atoms with Crippen LogP contribution in [0.15, 0.2) is 36.8 Å². The topological polar surface area (TPSA) is 46.9 Å². The standard InChI is InChI=1S/C15H16F3N3O/c1-3-10(2)20-14(22)13-8-21(9-19-13)12-6-4-5-11(7-12)15(16,17)18/h4-10H,3H2,1-2H3,(H,20,22)/t10-/m0/s1. The van der Waals surface area contributed by atoms with Crippen molar-refractivity contribution in [2.24, 2.45) is 0 Å². The minimum Gasteiger partial charge on any atom is -0.348 e. The van der Waals surface area contributed by atoms with Crippen molar-refractivity contribution in [1.29, 1.82) is 0 Å². The van der Waals surface area contributed by atoms with Gasteiger partial charge in [0.2, 0.25) is 0 Å². The SMILES string of the molecule is CC[C@H](C)NC(=O)c1cn(-c2cccc(C(F)(F)F)c2)cn1. The molecule has 2 rings (SSSR count). The molecule has 0 aliphatic carbocycles. The minimum absolute atomic E-state index is 0.00575. The quantitative estimate of drug-likeness (QED) is 0.940. The number of carbonyl (C=O) groups is 1. The Morgan fingerprint density at radius 3 is 2.77 bits per heavy atom. The molecule has 0 saturated heterocycles. The second-order valence-electron chi connectivity index (χ2n) is 5.00. The molecule has 2 aromatic rings. The van der Waals surface area contributed by atoms with Crippen molar-refractivity contribution in [1.82, 2.24) is 14.9 Å². The van der Waals surface area contributed by atoms with Crippen molar-refractivity contribution in [3.05, 3.63) is 48.0 Å². The molecular weight excluding hydrogens is 295 g/mol. The molecule has 1 aromatic carbocycles. The Kier molecular flexibility index (Phi) is 4.54. The van der Waals surface area contributed by atoms with Crippen molar-refractivity contribution < 1.29 is 18.0 Å². The Morgan fingerprint density at radius 2 is 2.14 bits per heavy atom. The Morgan fingerprint density at radius 1 is 1.41 bits per heavy atom. The van der Waals surface area contributed by atoms with Gasteiger partial charge >= 0.3 is 6.18 Å². The van der Waals surface area contributed by atoms with Gasteiger partial charge in [0.15, 0.2) is 0 Å². The van der Waals surface area contributed by atoms with E-state index in [9.17, 15) is 18.0 Å². The third-order valence-corrected chi connectivity index (χ3v) is 3.28. The number of benzene rings is 1. The highest BCUT2D eigenvalue weighted by Gasteiger charge is 2.30. The zero-order valence-electron chi connectivity index (χ0n) is 12.2. The number of hydrogen-bond donors (Lipinski definition) is 1. The normalized spacial score (nSPS) is 13.0. The maximum atomic E-state index is 12.7. The molecule has 1 heterocycles. The molecule has 0 fully saturated rings. The molecule has 118 valence electrons. The zero-order valence-corrected chi connectivity index (χ0v) is 12.2. The van der Waals surface area contributed by atoms with Gasteiger partial charge in [0.25, 0.3) is 5.91 Å². The summed E-state index contributed by atoms with van der Waals surface area (Å²) in [5, 5.41) is 2.75. The molecule has 1 atom stereocenters. The summed E-state index contributed by atoms with van der Waals surface area (Å²) in [6.45, 7) is 3.80. The average molecular weight is 311 g/mol. The summed E-state index contributed by atoms with van der Waals surface area (Å²) in [7, 11) is 0. The number of nitrogens with zero attached hydrogens (tertiary/aromatic N) is 2. The summed E-state index contributed by atoms with van der Waals surface area (Å²) >= 11 is 0. The first kappa shape index (κ1) is 16.1. The fourth-order valence-electron chi connectivity index (χ4n) is 1.82. The third-order valence-electron chi connectivity index (χ3n) is 3.28. The van der Waals surface area contributed by atoms with Gasteiger partial charge in [-0.3, -0.25) is 4.79 Å². The third kappa shape index (κ3) is 3.66. The predicted octanol–water partition coefficient (Wildman–Crippen LogP) is 3.42. The fourth-order valence-corrected chi connectivity index (χ4v) is 1.82. The molecule has 0 bridgehead atoms. The fraction of sp³-hybridized carbons (Fsp3) is 0.333. The van der Waals surface area contributed by atoms with Gasteiger partial charge in [-0.1, -0.05) is 13.0 Å². The molecular formula is C15H16F3N3O. The Labute approximate surface area is 126 Å². The second kappa shape index (κ2) is 6.21. The van der Waals surface area contributed by atoms with Crippen LogP contribution in [0, 0.1) is 0 Å². The van der Waals surface area contributed by atoms with Gasteiger partial charge in [0.1, 0.15) is 12.0 Å². The van der Waals surface area contributed by atoms with Crippen LogP contribution in [0.2, 0.25) is 0 Å². The molecule has 7 heteroatoms. The van der Waals surface area contributed by atoms with Crippen LogP contribution in [0.25, 0.3) is 5.69 Å². The summed E-state index contributed by atoms with van der Waals surface area (Å²) in [5.41, 5.74) is -0.285. The molecule has 4 nitrogen and oxygen atoms in total. The van der Waals surface area contributed by atoms with Crippen LogP contribution in [-0.4, -0.2) is 21.5 Å². The lowest BCUT2D eigenvalue weighted by molar-refractivity contribution is -0.137. The van der Waals surface area contributed by atoms with Gasteiger partial charge < -0.3 is 9.88 Å². The number of amides is 1. The molecule has 0 radical (unpaired) electrons. The number of carbonyl (C=O) groups excluding carboxylic acids is 1. The Balaban J connectivity index is 2.23. The van der Waals surface area contributed by atoms with Crippen molar-refractivity contribution in [2.45, 2.75) is 32.5 Å². The molecule has 0 aliphatic heterocycles. The van der Waals surface area contributed by atoms with E-state index in [1.165, 1.54) is 29.2 Å². The number of nitrogens with one attached hydrogen (secondary N) is 1. The highest BCUT2D eigenvalue weighted by Crippen LogP contribution is 2.30. The molecule has 0 spiro atoms. The highest BCUT2D eigenvalue weighted by atomic mass is 19.4. The van der Waals surface area contributed by atoms with Gasteiger partial charge in [-0.2, -0.15) is 13.2 Å². The van der Waals surface area contributed by atoms with E-state index in [1.807, 2.05) is 13.8 Å². The minimum atomic E-state index is -4.41. The number of alkyl halides is 3. The van der Waals surface area contributed by atoms with Crippen LogP contribution in [0.4, 0.5) is 13.2 Å². The van der Waals surface area contributed by atoms with E-state index in [1.54, 1.807) is 0 Å². The summed E-state index contributed by atoms with van der Waals surface area (Å²) in [5.74, 6) is -0.347. The van der Waals surface area contributed by atoms with E-state index in [0.29, 0.717) is 5.69 Å². The number of aromatic nitrogens is 2.